The third kappa shape index (κ3) is 3.03. The summed E-state index contributed by atoms with van der Waals surface area (Å²) in [5.74, 6) is -2.15. The van der Waals surface area contributed by atoms with Gasteiger partial charge in [-0.05, 0) is 29.8 Å². The number of halogens is 4. The molecule has 2 nitrogen and oxygen atoms in total. The molecule has 102 valence electrons. The molecule has 0 saturated heterocycles. The largest absolute Gasteiger partial charge is 0.377 e. The van der Waals surface area contributed by atoms with Gasteiger partial charge in [-0.15, -0.1) is 0 Å². The highest BCUT2D eigenvalue weighted by atomic mass is 35.5. The summed E-state index contributed by atoms with van der Waals surface area (Å²) in [6.07, 6.45) is 0. The van der Waals surface area contributed by atoms with Crippen LogP contribution < -0.4 is 5.32 Å². The summed E-state index contributed by atoms with van der Waals surface area (Å²) >= 11 is 5.72. The first-order valence-electron chi connectivity index (χ1n) is 5.58. The Kier molecular flexibility index (Phi) is 4.16. The van der Waals surface area contributed by atoms with Gasteiger partial charge in [-0.25, -0.2) is 13.2 Å². The molecular formula is C14H8ClF3N2. The van der Waals surface area contributed by atoms with Crippen LogP contribution in [0.4, 0.5) is 18.9 Å². The van der Waals surface area contributed by atoms with Gasteiger partial charge in [0.1, 0.15) is 11.6 Å². The molecule has 0 unspecified atom stereocenters. The Morgan fingerprint density at radius 3 is 2.50 bits per heavy atom. The average Bonchev–Trinajstić information content (AvgIpc) is 2.37. The number of hydrogen-bond acceptors (Lipinski definition) is 2. The summed E-state index contributed by atoms with van der Waals surface area (Å²) in [4.78, 5) is 0. The molecule has 0 heterocycles. The minimum atomic E-state index is -0.857. The van der Waals surface area contributed by atoms with Crippen molar-refractivity contribution in [3.63, 3.8) is 0 Å². The van der Waals surface area contributed by atoms with E-state index >= 15 is 0 Å². The fraction of sp³-hybridized carbons (Fsp3) is 0.0714. The molecule has 0 saturated carbocycles. The maximum Gasteiger partial charge on any atom is 0.150 e. The first kappa shape index (κ1) is 14.2. The molecule has 2 rings (SSSR count). The zero-order valence-electron chi connectivity index (χ0n) is 10.1. The summed E-state index contributed by atoms with van der Waals surface area (Å²) in [5.41, 5.74) is 0.519. The fourth-order valence-electron chi connectivity index (χ4n) is 1.71. The summed E-state index contributed by atoms with van der Waals surface area (Å²) in [7, 11) is 0. The fourth-order valence-corrected chi connectivity index (χ4v) is 1.97. The summed E-state index contributed by atoms with van der Waals surface area (Å²) in [5, 5.41) is 11.4. The van der Waals surface area contributed by atoms with Crippen molar-refractivity contribution in [1.29, 1.82) is 5.26 Å². The molecule has 1 N–H and O–H groups in total. The third-order valence-corrected chi connectivity index (χ3v) is 2.95. The van der Waals surface area contributed by atoms with E-state index in [0.29, 0.717) is 11.6 Å². The Bertz CT molecular complexity index is 672. The zero-order valence-corrected chi connectivity index (χ0v) is 10.8. The van der Waals surface area contributed by atoms with E-state index in [9.17, 15) is 13.2 Å². The predicted octanol–water partition coefficient (Wildman–Crippen LogP) is 4.24. The number of nitrogens with zero attached hydrogens (tertiary/aromatic N) is 1. The van der Waals surface area contributed by atoms with E-state index < -0.39 is 17.5 Å². The molecular weight excluding hydrogens is 289 g/mol. The molecule has 0 atom stereocenters. The van der Waals surface area contributed by atoms with Gasteiger partial charge >= 0.3 is 0 Å². The van der Waals surface area contributed by atoms with Gasteiger partial charge in [-0.3, -0.25) is 0 Å². The van der Waals surface area contributed by atoms with Crippen molar-refractivity contribution in [2.45, 2.75) is 6.54 Å². The van der Waals surface area contributed by atoms with Crippen LogP contribution in [0.1, 0.15) is 11.1 Å². The number of nitrogens with one attached hydrogen (secondary N) is 1. The second-order valence-corrected chi connectivity index (χ2v) is 4.42. The van der Waals surface area contributed by atoms with E-state index in [1.807, 2.05) is 6.07 Å². The number of nitriles is 1. The topological polar surface area (TPSA) is 35.8 Å². The molecule has 0 radical (unpaired) electrons. The molecule has 0 aliphatic heterocycles. The molecule has 6 heteroatoms. The Hall–Kier alpha value is -2.19. The smallest absolute Gasteiger partial charge is 0.150 e. The lowest BCUT2D eigenvalue weighted by molar-refractivity contribution is 0.585. The molecule has 2 aromatic carbocycles. The summed E-state index contributed by atoms with van der Waals surface area (Å²) < 4.78 is 39.6. The van der Waals surface area contributed by atoms with Crippen LogP contribution in [0.15, 0.2) is 30.3 Å². The molecule has 20 heavy (non-hydrogen) atoms. The zero-order chi connectivity index (χ0) is 14.7. The van der Waals surface area contributed by atoms with Gasteiger partial charge in [0, 0.05) is 12.6 Å². The average molecular weight is 297 g/mol. The highest BCUT2D eigenvalue weighted by Gasteiger charge is 2.11. The van der Waals surface area contributed by atoms with E-state index in [4.69, 9.17) is 16.9 Å². The van der Waals surface area contributed by atoms with Crippen molar-refractivity contribution in [2.75, 3.05) is 5.32 Å². The molecule has 0 aliphatic rings. The molecule has 0 aliphatic carbocycles. The minimum Gasteiger partial charge on any atom is -0.377 e. The van der Waals surface area contributed by atoms with Crippen molar-refractivity contribution in [2.24, 2.45) is 0 Å². The highest BCUT2D eigenvalue weighted by Crippen LogP contribution is 2.27. The maximum atomic E-state index is 13.5. The van der Waals surface area contributed by atoms with Gasteiger partial charge in [0.2, 0.25) is 0 Å². The van der Waals surface area contributed by atoms with Gasteiger partial charge in [0.15, 0.2) is 5.82 Å². The normalized spacial score (nSPS) is 10.2. The lowest BCUT2D eigenvalue weighted by Crippen LogP contribution is -2.05. The predicted molar refractivity (Wildman–Crippen MR) is 69.8 cm³/mol. The standard InChI is InChI=1S/C14H8ClF3N2/c15-12-4-11(17)5-13(18)14(12)20-7-9-3-10(16)2-1-8(9)6-19/h1-5,20H,7H2. The van der Waals surface area contributed by atoms with Gasteiger partial charge in [-0.1, -0.05) is 11.6 Å². The van der Waals surface area contributed by atoms with Crippen LogP contribution in [0.5, 0.6) is 0 Å². The van der Waals surface area contributed by atoms with Crippen molar-refractivity contribution < 1.29 is 13.2 Å². The van der Waals surface area contributed by atoms with Crippen molar-refractivity contribution >= 4 is 17.3 Å². The molecule has 0 amide bonds. The first-order valence-corrected chi connectivity index (χ1v) is 5.96. The van der Waals surface area contributed by atoms with Gasteiger partial charge in [0.05, 0.1) is 22.3 Å². The Labute approximate surface area is 118 Å². The lowest BCUT2D eigenvalue weighted by atomic mass is 10.1. The van der Waals surface area contributed by atoms with Gasteiger partial charge < -0.3 is 5.32 Å². The Balaban J connectivity index is 2.26. The van der Waals surface area contributed by atoms with Crippen LogP contribution in [0.25, 0.3) is 0 Å². The Morgan fingerprint density at radius 2 is 1.85 bits per heavy atom. The van der Waals surface area contributed by atoms with Crippen LogP contribution in [0, 0.1) is 28.8 Å². The van der Waals surface area contributed by atoms with Crippen molar-refractivity contribution in [1.82, 2.24) is 0 Å². The third-order valence-electron chi connectivity index (χ3n) is 2.65. The van der Waals surface area contributed by atoms with E-state index in [-0.39, 0.29) is 22.8 Å². The summed E-state index contributed by atoms with van der Waals surface area (Å²) in [6, 6.07) is 7.21. The number of anilines is 1. The van der Waals surface area contributed by atoms with E-state index in [0.717, 1.165) is 12.1 Å². The number of hydrogen-bond donors (Lipinski definition) is 1. The Morgan fingerprint density at radius 1 is 1.10 bits per heavy atom. The molecule has 0 bridgehead atoms. The lowest BCUT2D eigenvalue weighted by Gasteiger charge is -2.11. The number of rotatable bonds is 3. The maximum absolute atomic E-state index is 13.5. The second kappa shape index (κ2) is 5.85. The molecule has 0 fully saturated rings. The minimum absolute atomic E-state index is 0.0110. The quantitative estimate of drug-likeness (QED) is 0.919. The SMILES string of the molecule is N#Cc1ccc(F)cc1CNc1c(F)cc(F)cc1Cl. The number of benzene rings is 2. The first-order chi connectivity index (χ1) is 9.51. The second-order valence-electron chi connectivity index (χ2n) is 4.01. The van der Waals surface area contributed by atoms with Crippen LogP contribution in [-0.4, -0.2) is 0 Å². The van der Waals surface area contributed by atoms with E-state index in [2.05, 4.69) is 5.32 Å². The highest BCUT2D eigenvalue weighted by molar-refractivity contribution is 6.33. The van der Waals surface area contributed by atoms with Crippen LogP contribution in [0.2, 0.25) is 5.02 Å². The van der Waals surface area contributed by atoms with E-state index in [1.54, 1.807) is 0 Å². The molecule has 0 aromatic heterocycles. The van der Waals surface area contributed by atoms with Gasteiger partial charge in [-0.2, -0.15) is 5.26 Å². The van der Waals surface area contributed by atoms with Crippen molar-refractivity contribution in [3.05, 3.63) is 63.9 Å². The van der Waals surface area contributed by atoms with Crippen LogP contribution in [0.3, 0.4) is 0 Å². The molecule has 2 aromatic rings. The van der Waals surface area contributed by atoms with Crippen LogP contribution >= 0.6 is 11.6 Å². The van der Waals surface area contributed by atoms with Crippen LogP contribution in [-0.2, 0) is 6.54 Å². The van der Waals surface area contributed by atoms with E-state index in [1.165, 1.54) is 12.1 Å². The van der Waals surface area contributed by atoms with Crippen molar-refractivity contribution in [3.8, 4) is 6.07 Å². The monoisotopic (exact) mass is 296 g/mol. The molecule has 0 spiro atoms. The van der Waals surface area contributed by atoms with Gasteiger partial charge in [0.25, 0.3) is 0 Å². The summed E-state index contributed by atoms with van der Waals surface area (Å²) in [6.45, 7) is -0.0110.